The van der Waals surface area contributed by atoms with E-state index in [2.05, 4.69) is 10.2 Å². The van der Waals surface area contributed by atoms with Crippen molar-refractivity contribution in [2.24, 2.45) is 0 Å². The molecule has 4 rings (SSSR count). The highest BCUT2D eigenvalue weighted by Crippen LogP contribution is 2.30. The van der Waals surface area contributed by atoms with Crippen LogP contribution >= 0.6 is 11.6 Å². The maximum absolute atomic E-state index is 12.7. The Hall–Kier alpha value is -3.19. The summed E-state index contributed by atoms with van der Waals surface area (Å²) in [6.45, 7) is 0.389. The molecule has 1 N–H and O–H groups in total. The van der Waals surface area contributed by atoms with Gasteiger partial charge in [0.25, 0.3) is 11.5 Å². The van der Waals surface area contributed by atoms with Gasteiger partial charge in [-0.1, -0.05) is 41.9 Å². The lowest BCUT2D eigenvalue weighted by Gasteiger charge is -2.18. The number of hydrogen-bond acceptors (Lipinski definition) is 5. The fraction of sp³-hybridized carbons (Fsp3) is 0.158. The first-order valence-corrected chi connectivity index (χ1v) is 8.68. The molecule has 1 aromatic heterocycles. The molecule has 1 unspecified atom stereocenters. The highest BCUT2D eigenvalue weighted by Gasteiger charge is 2.37. The molecule has 3 aromatic rings. The van der Waals surface area contributed by atoms with Crippen molar-refractivity contribution in [2.45, 2.75) is 12.5 Å². The number of carbonyl (C=O) groups is 2. The van der Waals surface area contributed by atoms with E-state index in [0.717, 1.165) is 0 Å². The molecule has 7 nitrogen and oxygen atoms in total. The van der Waals surface area contributed by atoms with Crippen LogP contribution in [0.3, 0.4) is 0 Å². The topological polar surface area (TPSA) is 92.4 Å². The van der Waals surface area contributed by atoms with Gasteiger partial charge < -0.3 is 9.64 Å². The lowest BCUT2D eigenvalue weighted by atomic mass is 10.1. The smallest absolute Gasteiger partial charge is 0.360 e. The number of nitrogens with one attached hydrogen (secondary N) is 1. The van der Waals surface area contributed by atoms with Crippen molar-refractivity contribution in [2.75, 3.05) is 11.4 Å². The standard InChI is InChI=1S/C19H14ClN3O4/c20-13-7-3-4-8-14(13)23-10-9-15(18(23)25)27-19(26)16-11-5-1-2-6-12(11)17(24)22-21-16/h1-8,15H,9-10H2,(H,22,24). The Morgan fingerprint density at radius 3 is 2.59 bits per heavy atom. The second-order valence-corrected chi connectivity index (χ2v) is 6.48. The predicted molar refractivity (Wildman–Crippen MR) is 100.0 cm³/mol. The first kappa shape index (κ1) is 17.2. The zero-order valence-electron chi connectivity index (χ0n) is 14.0. The van der Waals surface area contributed by atoms with Gasteiger partial charge >= 0.3 is 5.97 Å². The molecule has 1 saturated heterocycles. The molecule has 1 atom stereocenters. The number of rotatable bonds is 3. The molecule has 1 fully saturated rings. The number of fused-ring (bicyclic) bond motifs is 1. The van der Waals surface area contributed by atoms with Crippen LogP contribution in [0.2, 0.25) is 5.02 Å². The number of benzene rings is 2. The molecule has 1 amide bonds. The molecule has 8 heteroatoms. The third-order valence-corrected chi connectivity index (χ3v) is 4.76. The first-order chi connectivity index (χ1) is 13.1. The van der Waals surface area contributed by atoms with Gasteiger partial charge in [-0.15, -0.1) is 0 Å². The van der Waals surface area contributed by atoms with E-state index in [1.807, 2.05) is 0 Å². The van der Waals surface area contributed by atoms with Crippen molar-refractivity contribution in [3.63, 3.8) is 0 Å². The zero-order chi connectivity index (χ0) is 19.0. The molecule has 136 valence electrons. The zero-order valence-corrected chi connectivity index (χ0v) is 14.8. The Morgan fingerprint density at radius 1 is 1.11 bits per heavy atom. The van der Waals surface area contributed by atoms with Crippen molar-refractivity contribution in [3.05, 3.63) is 69.6 Å². The quantitative estimate of drug-likeness (QED) is 0.701. The molecule has 2 heterocycles. The van der Waals surface area contributed by atoms with Gasteiger partial charge in [0.2, 0.25) is 0 Å². The molecule has 0 radical (unpaired) electrons. The minimum absolute atomic E-state index is 0.0332. The number of nitrogens with zero attached hydrogens (tertiary/aromatic N) is 2. The second kappa shape index (κ2) is 6.85. The second-order valence-electron chi connectivity index (χ2n) is 6.07. The summed E-state index contributed by atoms with van der Waals surface area (Å²) in [5.41, 5.74) is 0.147. The highest BCUT2D eigenvalue weighted by molar-refractivity contribution is 6.34. The number of halogens is 1. The van der Waals surface area contributed by atoms with E-state index >= 15 is 0 Å². The number of ether oxygens (including phenoxy) is 1. The maximum atomic E-state index is 12.7. The van der Waals surface area contributed by atoms with Crippen LogP contribution in [-0.4, -0.2) is 34.7 Å². The monoisotopic (exact) mass is 383 g/mol. The molecule has 27 heavy (non-hydrogen) atoms. The molecule has 0 saturated carbocycles. The summed E-state index contributed by atoms with van der Waals surface area (Å²) in [7, 11) is 0. The number of para-hydroxylation sites is 1. The van der Waals surface area contributed by atoms with E-state index in [1.165, 1.54) is 4.90 Å². The Bertz CT molecular complexity index is 1110. The lowest BCUT2D eigenvalue weighted by Crippen LogP contribution is -2.32. The Kier molecular flexibility index (Phi) is 4.37. The van der Waals surface area contributed by atoms with E-state index in [-0.39, 0.29) is 11.6 Å². The lowest BCUT2D eigenvalue weighted by molar-refractivity contribution is -0.124. The largest absolute Gasteiger partial charge is 0.447 e. The van der Waals surface area contributed by atoms with Crippen molar-refractivity contribution >= 4 is 39.9 Å². The van der Waals surface area contributed by atoms with E-state index < -0.39 is 17.6 Å². The van der Waals surface area contributed by atoms with Crippen LogP contribution < -0.4 is 10.5 Å². The average molecular weight is 384 g/mol. The number of carbonyl (C=O) groups excluding carboxylic acids is 2. The number of aromatic nitrogens is 2. The molecule has 1 aliphatic rings. The molecule has 0 aliphatic carbocycles. The van der Waals surface area contributed by atoms with Crippen molar-refractivity contribution in [1.29, 1.82) is 0 Å². The van der Waals surface area contributed by atoms with Crippen LogP contribution in [0.5, 0.6) is 0 Å². The van der Waals surface area contributed by atoms with Crippen molar-refractivity contribution in [3.8, 4) is 0 Å². The van der Waals surface area contributed by atoms with Gasteiger partial charge in [-0.2, -0.15) is 5.10 Å². The van der Waals surface area contributed by atoms with Gasteiger partial charge in [0.15, 0.2) is 11.8 Å². The summed E-state index contributed by atoms with van der Waals surface area (Å²) in [6, 6.07) is 13.6. The third-order valence-electron chi connectivity index (χ3n) is 4.44. The summed E-state index contributed by atoms with van der Waals surface area (Å²) in [4.78, 5) is 38.6. The van der Waals surface area contributed by atoms with Crippen LogP contribution in [0.4, 0.5) is 5.69 Å². The van der Waals surface area contributed by atoms with Crippen molar-refractivity contribution < 1.29 is 14.3 Å². The first-order valence-electron chi connectivity index (χ1n) is 8.30. The number of hydrogen-bond donors (Lipinski definition) is 1. The van der Waals surface area contributed by atoms with Crippen molar-refractivity contribution in [1.82, 2.24) is 10.2 Å². The number of anilines is 1. The molecule has 1 aliphatic heterocycles. The van der Waals surface area contributed by atoms with Gasteiger partial charge in [-0.25, -0.2) is 9.89 Å². The van der Waals surface area contributed by atoms with Crippen LogP contribution in [0.15, 0.2) is 53.3 Å². The molecule has 0 bridgehead atoms. The minimum atomic E-state index is -0.929. The summed E-state index contributed by atoms with van der Waals surface area (Å²) < 4.78 is 5.39. The van der Waals surface area contributed by atoms with E-state index in [0.29, 0.717) is 34.4 Å². The van der Waals surface area contributed by atoms with E-state index in [1.54, 1.807) is 48.5 Å². The number of aromatic amines is 1. The Morgan fingerprint density at radius 2 is 1.81 bits per heavy atom. The van der Waals surface area contributed by atoms with Crippen LogP contribution in [0.1, 0.15) is 16.9 Å². The molecular weight excluding hydrogens is 370 g/mol. The van der Waals surface area contributed by atoms with Gasteiger partial charge in [0, 0.05) is 18.4 Å². The third kappa shape index (κ3) is 3.06. The molecular formula is C19H14ClN3O4. The number of esters is 1. The predicted octanol–water partition coefficient (Wildman–Crippen LogP) is 2.54. The average Bonchev–Trinajstić information content (AvgIpc) is 3.03. The fourth-order valence-electron chi connectivity index (χ4n) is 3.13. The molecule has 2 aromatic carbocycles. The summed E-state index contributed by atoms with van der Waals surface area (Å²) >= 11 is 6.15. The Balaban J connectivity index is 1.58. The summed E-state index contributed by atoms with van der Waals surface area (Å²) in [6.07, 6.45) is -0.585. The van der Waals surface area contributed by atoms with E-state index in [9.17, 15) is 14.4 Å². The van der Waals surface area contributed by atoms with Crippen LogP contribution in [0.25, 0.3) is 10.8 Å². The highest BCUT2D eigenvalue weighted by atomic mass is 35.5. The van der Waals surface area contributed by atoms with Crippen LogP contribution in [-0.2, 0) is 9.53 Å². The molecule has 0 spiro atoms. The number of amides is 1. The van der Waals surface area contributed by atoms with Gasteiger partial charge in [-0.05, 0) is 18.2 Å². The summed E-state index contributed by atoms with van der Waals surface area (Å²) in [5, 5.41) is 7.24. The van der Waals surface area contributed by atoms with Crippen LogP contribution in [0, 0.1) is 0 Å². The number of H-pyrrole nitrogens is 1. The van der Waals surface area contributed by atoms with E-state index in [4.69, 9.17) is 16.3 Å². The van der Waals surface area contributed by atoms with Gasteiger partial charge in [0.05, 0.1) is 16.1 Å². The minimum Gasteiger partial charge on any atom is -0.447 e. The van der Waals surface area contributed by atoms with Gasteiger partial charge in [-0.3, -0.25) is 9.59 Å². The normalized spacial score (nSPS) is 16.7. The fourth-order valence-corrected chi connectivity index (χ4v) is 3.37. The Labute approximate surface area is 158 Å². The SMILES string of the molecule is O=C(OC1CCN(c2ccccc2Cl)C1=O)c1n[nH]c(=O)c2ccccc12. The maximum Gasteiger partial charge on any atom is 0.360 e. The summed E-state index contributed by atoms with van der Waals surface area (Å²) in [5.74, 6) is -1.10. The van der Waals surface area contributed by atoms with Gasteiger partial charge in [0.1, 0.15) is 0 Å².